The Kier molecular flexibility index (Phi) is 2.87. The molecule has 0 amide bonds. The molecular weight excluding hydrogens is 210 g/mol. The SMILES string of the molecule is O=C1CCCCc2c1cccc2N1CCCC1. The molecule has 1 heterocycles. The van der Waals surface area contributed by atoms with E-state index in [1.165, 1.54) is 24.1 Å². The molecule has 0 aromatic heterocycles. The first-order chi connectivity index (χ1) is 8.36. The van der Waals surface area contributed by atoms with Gasteiger partial charge in [0, 0.05) is 30.8 Å². The minimum Gasteiger partial charge on any atom is -0.371 e. The number of hydrogen-bond acceptors (Lipinski definition) is 2. The predicted molar refractivity (Wildman–Crippen MR) is 69.8 cm³/mol. The number of hydrogen-bond donors (Lipinski definition) is 0. The molecule has 90 valence electrons. The molecule has 3 rings (SSSR count). The molecular formula is C15H19NO. The van der Waals surface area contributed by atoms with Crippen LogP contribution in [0.5, 0.6) is 0 Å². The van der Waals surface area contributed by atoms with Gasteiger partial charge in [-0.3, -0.25) is 4.79 Å². The van der Waals surface area contributed by atoms with Gasteiger partial charge in [0.1, 0.15) is 0 Å². The zero-order valence-corrected chi connectivity index (χ0v) is 10.2. The largest absolute Gasteiger partial charge is 0.371 e. The van der Waals surface area contributed by atoms with Gasteiger partial charge in [0.25, 0.3) is 0 Å². The van der Waals surface area contributed by atoms with E-state index in [0.29, 0.717) is 5.78 Å². The van der Waals surface area contributed by atoms with Crippen molar-refractivity contribution >= 4 is 11.5 Å². The summed E-state index contributed by atoms with van der Waals surface area (Å²) in [7, 11) is 0. The van der Waals surface area contributed by atoms with Gasteiger partial charge in [-0.15, -0.1) is 0 Å². The fraction of sp³-hybridized carbons (Fsp3) is 0.533. The van der Waals surface area contributed by atoms with Crippen molar-refractivity contribution in [3.8, 4) is 0 Å². The topological polar surface area (TPSA) is 20.3 Å². The Morgan fingerprint density at radius 3 is 2.53 bits per heavy atom. The Balaban J connectivity index is 2.04. The van der Waals surface area contributed by atoms with Gasteiger partial charge in [0.05, 0.1) is 0 Å². The highest BCUT2D eigenvalue weighted by atomic mass is 16.1. The summed E-state index contributed by atoms with van der Waals surface area (Å²) < 4.78 is 0. The van der Waals surface area contributed by atoms with Crippen LogP contribution in [0.25, 0.3) is 0 Å². The summed E-state index contributed by atoms with van der Waals surface area (Å²) in [5.74, 6) is 0.346. The van der Waals surface area contributed by atoms with Crippen molar-refractivity contribution < 1.29 is 4.79 Å². The average molecular weight is 229 g/mol. The lowest BCUT2D eigenvalue weighted by Crippen LogP contribution is -2.20. The van der Waals surface area contributed by atoms with Gasteiger partial charge < -0.3 is 4.90 Å². The minimum absolute atomic E-state index is 0.346. The van der Waals surface area contributed by atoms with Crippen molar-refractivity contribution in [2.45, 2.75) is 38.5 Å². The van der Waals surface area contributed by atoms with Crippen molar-refractivity contribution in [1.29, 1.82) is 0 Å². The van der Waals surface area contributed by atoms with Crippen molar-refractivity contribution in [3.05, 3.63) is 29.3 Å². The first-order valence-electron chi connectivity index (χ1n) is 6.76. The van der Waals surface area contributed by atoms with Crippen LogP contribution in [0, 0.1) is 0 Å². The molecule has 0 saturated carbocycles. The van der Waals surface area contributed by atoms with Crippen LogP contribution in [-0.4, -0.2) is 18.9 Å². The third-order valence-electron chi connectivity index (χ3n) is 3.98. The molecule has 2 nitrogen and oxygen atoms in total. The zero-order chi connectivity index (χ0) is 11.7. The van der Waals surface area contributed by atoms with Gasteiger partial charge in [-0.05, 0) is 43.7 Å². The summed E-state index contributed by atoms with van der Waals surface area (Å²) in [4.78, 5) is 14.5. The summed E-state index contributed by atoms with van der Waals surface area (Å²) in [6.45, 7) is 2.31. The number of Topliss-reactive ketones (excluding diaryl/α,β-unsaturated/α-hetero) is 1. The van der Waals surface area contributed by atoms with Crippen LogP contribution in [0.1, 0.15) is 48.0 Å². The number of benzene rings is 1. The smallest absolute Gasteiger partial charge is 0.163 e. The molecule has 0 atom stereocenters. The third kappa shape index (κ3) is 1.97. The standard InChI is InChI=1S/C15H19NO/c17-15-9-2-1-6-12-13(15)7-5-8-14(12)16-10-3-4-11-16/h5,7-8H,1-4,6,9-11H2. The molecule has 0 unspecified atom stereocenters. The quantitative estimate of drug-likeness (QED) is 0.689. The maximum absolute atomic E-state index is 12.1. The maximum Gasteiger partial charge on any atom is 0.163 e. The number of anilines is 1. The Labute approximate surface area is 103 Å². The lowest BCUT2D eigenvalue weighted by molar-refractivity contribution is 0.0982. The van der Waals surface area contributed by atoms with E-state index in [1.54, 1.807) is 0 Å². The predicted octanol–water partition coefficient (Wildman–Crippen LogP) is 3.20. The first-order valence-corrected chi connectivity index (χ1v) is 6.76. The van der Waals surface area contributed by atoms with Crippen molar-refractivity contribution in [2.75, 3.05) is 18.0 Å². The first kappa shape index (κ1) is 10.8. The van der Waals surface area contributed by atoms with Crippen LogP contribution in [-0.2, 0) is 6.42 Å². The summed E-state index contributed by atoms with van der Waals surface area (Å²) >= 11 is 0. The van der Waals surface area contributed by atoms with Crippen LogP contribution in [0.4, 0.5) is 5.69 Å². The molecule has 0 bridgehead atoms. The number of nitrogens with zero attached hydrogens (tertiary/aromatic N) is 1. The lowest BCUT2D eigenvalue weighted by Gasteiger charge is -2.22. The molecule has 1 aromatic rings. The van der Waals surface area contributed by atoms with Crippen LogP contribution >= 0.6 is 0 Å². The molecule has 2 aliphatic rings. The molecule has 17 heavy (non-hydrogen) atoms. The van der Waals surface area contributed by atoms with E-state index in [9.17, 15) is 4.79 Å². The van der Waals surface area contributed by atoms with E-state index in [0.717, 1.165) is 44.3 Å². The Bertz CT molecular complexity index is 433. The van der Waals surface area contributed by atoms with Gasteiger partial charge in [-0.25, -0.2) is 0 Å². The van der Waals surface area contributed by atoms with E-state index in [4.69, 9.17) is 0 Å². The molecule has 1 aliphatic carbocycles. The van der Waals surface area contributed by atoms with Crippen molar-refractivity contribution in [2.24, 2.45) is 0 Å². The second kappa shape index (κ2) is 4.52. The average Bonchev–Trinajstić information content (AvgIpc) is 2.81. The summed E-state index contributed by atoms with van der Waals surface area (Å²) in [5.41, 5.74) is 3.64. The highest BCUT2D eigenvalue weighted by molar-refractivity contribution is 5.99. The van der Waals surface area contributed by atoms with Crippen molar-refractivity contribution in [3.63, 3.8) is 0 Å². The number of ketones is 1. The second-order valence-electron chi connectivity index (χ2n) is 5.13. The van der Waals surface area contributed by atoms with E-state index in [-0.39, 0.29) is 0 Å². The van der Waals surface area contributed by atoms with Crippen LogP contribution in [0.2, 0.25) is 0 Å². The van der Waals surface area contributed by atoms with E-state index >= 15 is 0 Å². The molecule has 1 aliphatic heterocycles. The van der Waals surface area contributed by atoms with Crippen LogP contribution < -0.4 is 4.90 Å². The van der Waals surface area contributed by atoms with Crippen LogP contribution in [0.15, 0.2) is 18.2 Å². The van der Waals surface area contributed by atoms with Gasteiger partial charge in [0.15, 0.2) is 5.78 Å². The van der Waals surface area contributed by atoms with Crippen LogP contribution in [0.3, 0.4) is 0 Å². The number of carbonyl (C=O) groups excluding carboxylic acids is 1. The molecule has 1 aromatic carbocycles. The van der Waals surface area contributed by atoms with Gasteiger partial charge >= 0.3 is 0 Å². The molecule has 1 saturated heterocycles. The maximum atomic E-state index is 12.1. The van der Waals surface area contributed by atoms with Gasteiger partial charge in [0.2, 0.25) is 0 Å². The fourth-order valence-electron chi connectivity index (χ4n) is 3.07. The molecule has 1 fully saturated rings. The monoisotopic (exact) mass is 229 g/mol. The number of carbonyl (C=O) groups is 1. The summed E-state index contributed by atoms with van der Waals surface area (Å²) in [6.07, 6.45) is 6.59. The lowest BCUT2D eigenvalue weighted by atomic mass is 9.99. The highest BCUT2D eigenvalue weighted by Crippen LogP contribution is 2.31. The van der Waals surface area contributed by atoms with E-state index in [2.05, 4.69) is 17.0 Å². The summed E-state index contributed by atoms with van der Waals surface area (Å²) in [5, 5.41) is 0. The Hall–Kier alpha value is -1.31. The van der Waals surface area contributed by atoms with E-state index < -0.39 is 0 Å². The molecule has 0 N–H and O–H groups in total. The Morgan fingerprint density at radius 2 is 1.71 bits per heavy atom. The Morgan fingerprint density at radius 1 is 0.941 bits per heavy atom. The molecule has 0 spiro atoms. The third-order valence-corrected chi connectivity index (χ3v) is 3.98. The molecule has 2 heteroatoms. The second-order valence-corrected chi connectivity index (χ2v) is 5.13. The molecule has 0 radical (unpaired) electrons. The highest BCUT2D eigenvalue weighted by Gasteiger charge is 2.21. The van der Waals surface area contributed by atoms with Gasteiger partial charge in [-0.2, -0.15) is 0 Å². The zero-order valence-electron chi connectivity index (χ0n) is 10.2. The number of rotatable bonds is 1. The summed E-state index contributed by atoms with van der Waals surface area (Å²) in [6, 6.07) is 6.26. The minimum atomic E-state index is 0.346. The fourth-order valence-corrected chi connectivity index (χ4v) is 3.07. The van der Waals surface area contributed by atoms with Crippen molar-refractivity contribution in [1.82, 2.24) is 0 Å². The normalized spacial score (nSPS) is 20.2. The van der Waals surface area contributed by atoms with Gasteiger partial charge in [-0.1, -0.05) is 12.1 Å². The number of fused-ring (bicyclic) bond motifs is 1. The van der Waals surface area contributed by atoms with E-state index in [1.807, 2.05) is 6.07 Å².